The second kappa shape index (κ2) is 3.44. The number of nitrogens with zero attached hydrogens (tertiary/aromatic N) is 1. The molecule has 1 aliphatic heterocycles. The number of hydrogen-bond donors (Lipinski definition) is 0. The standard InChI is InChI=1S/C14H18NO/c1-13(2)10-12(14(3,4)15(13)16)11-8-6-5-7-9-11/h5-10H,1-4H3. The van der Waals surface area contributed by atoms with E-state index in [9.17, 15) is 5.21 Å². The van der Waals surface area contributed by atoms with Gasteiger partial charge in [0.15, 0.2) is 0 Å². The Morgan fingerprint density at radius 2 is 1.56 bits per heavy atom. The maximum absolute atomic E-state index is 12.2. The summed E-state index contributed by atoms with van der Waals surface area (Å²) >= 11 is 0. The lowest BCUT2D eigenvalue weighted by Crippen LogP contribution is -2.46. The Hall–Kier alpha value is -1.12. The van der Waals surface area contributed by atoms with Crippen molar-refractivity contribution in [3.05, 3.63) is 42.0 Å². The lowest BCUT2D eigenvalue weighted by molar-refractivity contribution is -0.234. The van der Waals surface area contributed by atoms with Gasteiger partial charge in [-0.25, -0.2) is 0 Å². The van der Waals surface area contributed by atoms with Crippen LogP contribution in [-0.4, -0.2) is 16.1 Å². The van der Waals surface area contributed by atoms with Gasteiger partial charge in [-0.3, -0.25) is 0 Å². The quantitative estimate of drug-likeness (QED) is 0.706. The fourth-order valence-electron chi connectivity index (χ4n) is 2.47. The molecule has 2 nitrogen and oxygen atoms in total. The minimum absolute atomic E-state index is 0.422. The van der Waals surface area contributed by atoms with Crippen LogP contribution < -0.4 is 0 Å². The third kappa shape index (κ3) is 1.58. The van der Waals surface area contributed by atoms with Crippen molar-refractivity contribution in [1.82, 2.24) is 5.06 Å². The van der Waals surface area contributed by atoms with Crippen LogP contribution in [0.25, 0.3) is 5.57 Å². The number of hydroxylamine groups is 2. The van der Waals surface area contributed by atoms with Crippen LogP contribution in [0.15, 0.2) is 36.4 Å². The predicted octanol–water partition coefficient (Wildman–Crippen LogP) is 3.29. The van der Waals surface area contributed by atoms with E-state index in [-0.39, 0.29) is 0 Å². The highest BCUT2D eigenvalue weighted by molar-refractivity contribution is 5.75. The Morgan fingerprint density at radius 1 is 1.00 bits per heavy atom. The average Bonchev–Trinajstić information content (AvgIpc) is 2.40. The molecule has 0 saturated heterocycles. The molecule has 1 aromatic carbocycles. The molecule has 1 radical (unpaired) electrons. The highest BCUT2D eigenvalue weighted by Gasteiger charge is 2.46. The first-order valence-corrected chi connectivity index (χ1v) is 5.62. The van der Waals surface area contributed by atoms with Crippen molar-refractivity contribution in [2.24, 2.45) is 0 Å². The topological polar surface area (TPSA) is 23.1 Å². The van der Waals surface area contributed by atoms with Crippen LogP contribution >= 0.6 is 0 Å². The van der Waals surface area contributed by atoms with E-state index in [4.69, 9.17) is 0 Å². The largest absolute Gasteiger partial charge is 0.136 e. The molecule has 0 saturated carbocycles. The predicted molar refractivity (Wildman–Crippen MR) is 65.1 cm³/mol. The third-order valence-corrected chi connectivity index (χ3v) is 3.27. The first kappa shape index (κ1) is 11.4. The van der Waals surface area contributed by atoms with Crippen LogP contribution in [-0.2, 0) is 5.21 Å². The molecule has 85 valence electrons. The van der Waals surface area contributed by atoms with E-state index in [1.54, 1.807) is 0 Å². The zero-order valence-electron chi connectivity index (χ0n) is 10.3. The van der Waals surface area contributed by atoms with Gasteiger partial charge in [-0.2, -0.15) is 0 Å². The number of benzene rings is 1. The summed E-state index contributed by atoms with van der Waals surface area (Å²) in [6.07, 6.45) is 2.08. The van der Waals surface area contributed by atoms with Crippen LogP contribution in [0.3, 0.4) is 0 Å². The lowest BCUT2D eigenvalue weighted by atomic mass is 9.90. The highest BCUT2D eigenvalue weighted by Crippen LogP contribution is 2.43. The minimum Gasteiger partial charge on any atom is -0.136 e. The highest BCUT2D eigenvalue weighted by atomic mass is 16.5. The van der Waals surface area contributed by atoms with Crippen molar-refractivity contribution >= 4 is 5.57 Å². The fourth-order valence-corrected chi connectivity index (χ4v) is 2.47. The Morgan fingerprint density at radius 3 is 2.00 bits per heavy atom. The zero-order valence-corrected chi connectivity index (χ0v) is 10.3. The van der Waals surface area contributed by atoms with E-state index in [1.165, 1.54) is 5.06 Å². The maximum atomic E-state index is 12.2. The van der Waals surface area contributed by atoms with E-state index in [1.807, 2.05) is 45.9 Å². The van der Waals surface area contributed by atoms with Gasteiger partial charge in [0.25, 0.3) is 0 Å². The molecule has 2 heteroatoms. The van der Waals surface area contributed by atoms with E-state index in [2.05, 4.69) is 18.2 Å². The molecule has 2 rings (SSSR count). The first-order valence-electron chi connectivity index (χ1n) is 5.62. The summed E-state index contributed by atoms with van der Waals surface area (Å²) in [7, 11) is 0. The van der Waals surface area contributed by atoms with Crippen LogP contribution in [0.1, 0.15) is 33.3 Å². The van der Waals surface area contributed by atoms with Gasteiger partial charge < -0.3 is 0 Å². The second-order valence-corrected chi connectivity index (χ2v) is 5.43. The number of hydrogen-bond acceptors (Lipinski definition) is 1. The van der Waals surface area contributed by atoms with Gasteiger partial charge in [-0.05, 0) is 38.8 Å². The molecule has 1 aromatic rings. The Kier molecular flexibility index (Phi) is 2.44. The van der Waals surface area contributed by atoms with Gasteiger partial charge in [0, 0.05) is 0 Å². The molecule has 16 heavy (non-hydrogen) atoms. The van der Waals surface area contributed by atoms with E-state index in [0.29, 0.717) is 0 Å². The SMILES string of the molecule is CC1(C)C=C(c2ccccc2)C(C)(C)N1[O]. The van der Waals surface area contributed by atoms with Crippen LogP contribution in [0.2, 0.25) is 0 Å². The van der Waals surface area contributed by atoms with Crippen LogP contribution in [0.4, 0.5) is 0 Å². The molecule has 0 atom stereocenters. The third-order valence-electron chi connectivity index (χ3n) is 3.27. The smallest absolute Gasteiger partial charge is 0.0698 e. The van der Waals surface area contributed by atoms with Gasteiger partial charge in [0.1, 0.15) is 0 Å². The van der Waals surface area contributed by atoms with Crippen molar-refractivity contribution in [1.29, 1.82) is 0 Å². The van der Waals surface area contributed by atoms with Gasteiger partial charge in [0.05, 0.1) is 11.1 Å². The summed E-state index contributed by atoms with van der Waals surface area (Å²) in [6, 6.07) is 10.1. The first-order chi connectivity index (χ1) is 7.36. The van der Waals surface area contributed by atoms with Gasteiger partial charge >= 0.3 is 0 Å². The van der Waals surface area contributed by atoms with Crippen molar-refractivity contribution < 1.29 is 5.21 Å². The molecule has 0 aromatic heterocycles. The fraction of sp³-hybridized carbons (Fsp3) is 0.429. The van der Waals surface area contributed by atoms with E-state index >= 15 is 0 Å². The van der Waals surface area contributed by atoms with Crippen molar-refractivity contribution in [3.8, 4) is 0 Å². The molecule has 1 heterocycles. The van der Waals surface area contributed by atoms with Crippen LogP contribution in [0, 0.1) is 0 Å². The molecule has 1 aliphatic rings. The second-order valence-electron chi connectivity index (χ2n) is 5.43. The number of rotatable bonds is 1. The molecule has 0 aliphatic carbocycles. The lowest BCUT2D eigenvalue weighted by Gasteiger charge is -2.34. The van der Waals surface area contributed by atoms with Crippen molar-refractivity contribution in [3.63, 3.8) is 0 Å². The molecule has 0 fully saturated rings. The molecule has 0 unspecified atom stereocenters. The Labute approximate surface area is 97.2 Å². The summed E-state index contributed by atoms with van der Waals surface area (Å²) in [5.41, 5.74) is 1.38. The van der Waals surface area contributed by atoms with Crippen molar-refractivity contribution in [2.75, 3.05) is 0 Å². The van der Waals surface area contributed by atoms with Gasteiger partial charge in [-0.1, -0.05) is 36.4 Å². The molecule has 0 N–H and O–H groups in total. The molecule has 0 spiro atoms. The molecular formula is C14H18NO. The Bertz CT molecular complexity index is 418. The van der Waals surface area contributed by atoms with Crippen molar-refractivity contribution in [2.45, 2.75) is 38.8 Å². The normalized spacial score (nSPS) is 23.2. The zero-order chi connectivity index (χ0) is 12.0. The Balaban J connectivity index is 2.50. The maximum Gasteiger partial charge on any atom is 0.0698 e. The molecule has 0 amide bonds. The monoisotopic (exact) mass is 216 g/mol. The molecule has 0 bridgehead atoms. The summed E-state index contributed by atoms with van der Waals surface area (Å²) in [5, 5.41) is 13.4. The summed E-state index contributed by atoms with van der Waals surface area (Å²) in [6.45, 7) is 7.87. The minimum atomic E-state index is -0.454. The van der Waals surface area contributed by atoms with Gasteiger partial charge in [-0.15, -0.1) is 10.3 Å². The van der Waals surface area contributed by atoms with Gasteiger partial charge in [0.2, 0.25) is 0 Å². The summed E-state index contributed by atoms with van der Waals surface area (Å²) in [5.74, 6) is 0. The molecular weight excluding hydrogens is 198 g/mol. The summed E-state index contributed by atoms with van der Waals surface area (Å²) in [4.78, 5) is 0. The van der Waals surface area contributed by atoms with E-state index in [0.717, 1.165) is 11.1 Å². The van der Waals surface area contributed by atoms with Crippen LogP contribution in [0.5, 0.6) is 0 Å². The van der Waals surface area contributed by atoms with E-state index < -0.39 is 11.1 Å². The summed E-state index contributed by atoms with van der Waals surface area (Å²) < 4.78 is 0. The average molecular weight is 216 g/mol.